The van der Waals surface area contributed by atoms with Crippen LogP contribution in [0.1, 0.15) is 11.5 Å². The molecule has 1 saturated carbocycles. The third-order valence-electron chi connectivity index (χ3n) is 4.72. The van der Waals surface area contributed by atoms with Crippen LogP contribution in [0.5, 0.6) is 0 Å². The zero-order valence-corrected chi connectivity index (χ0v) is 16.1. The van der Waals surface area contributed by atoms with Crippen LogP contribution in [0.3, 0.4) is 0 Å². The van der Waals surface area contributed by atoms with Gasteiger partial charge < -0.3 is 9.84 Å². The molecule has 1 aliphatic rings. The number of aliphatic carboxylic acids is 1. The molecular formula is C18H16Cl2O5S. The van der Waals surface area contributed by atoms with Gasteiger partial charge in [-0.25, -0.2) is 8.42 Å². The first-order chi connectivity index (χ1) is 12.2. The van der Waals surface area contributed by atoms with E-state index in [0.29, 0.717) is 15.6 Å². The SMILES string of the molecule is COCC1(C(=O)O)C(c2cccc(Cl)c2)C1S(=O)(=O)c1ccc(Cl)cc1. The smallest absolute Gasteiger partial charge is 0.314 e. The summed E-state index contributed by atoms with van der Waals surface area (Å²) >= 11 is 11.9. The van der Waals surface area contributed by atoms with E-state index in [2.05, 4.69) is 0 Å². The van der Waals surface area contributed by atoms with Gasteiger partial charge in [-0.1, -0.05) is 35.3 Å². The summed E-state index contributed by atoms with van der Waals surface area (Å²) in [6.45, 7) is -0.225. The Hall–Kier alpha value is -1.60. The van der Waals surface area contributed by atoms with Crippen molar-refractivity contribution >= 4 is 39.0 Å². The summed E-state index contributed by atoms with van der Waals surface area (Å²) in [5, 5.41) is 9.51. The average Bonchev–Trinajstić information content (AvgIpc) is 3.27. The summed E-state index contributed by atoms with van der Waals surface area (Å²) in [4.78, 5) is 12.1. The summed E-state index contributed by atoms with van der Waals surface area (Å²) in [5.41, 5.74) is -1.02. The van der Waals surface area contributed by atoms with Gasteiger partial charge in [0.2, 0.25) is 0 Å². The van der Waals surface area contributed by atoms with Crippen LogP contribution < -0.4 is 0 Å². The Kier molecular flexibility index (Phi) is 5.05. The molecule has 0 spiro atoms. The molecule has 0 aromatic heterocycles. The number of sulfone groups is 1. The molecule has 5 nitrogen and oxygen atoms in total. The van der Waals surface area contributed by atoms with Crippen LogP contribution in [-0.4, -0.2) is 38.5 Å². The van der Waals surface area contributed by atoms with Gasteiger partial charge in [0.25, 0.3) is 0 Å². The number of hydrogen-bond donors (Lipinski definition) is 1. The number of hydrogen-bond acceptors (Lipinski definition) is 4. The summed E-state index contributed by atoms with van der Waals surface area (Å²) in [7, 11) is -2.58. The van der Waals surface area contributed by atoms with Crippen LogP contribution >= 0.6 is 23.2 Å². The molecule has 8 heteroatoms. The lowest BCUT2D eigenvalue weighted by Gasteiger charge is -2.12. The molecule has 1 N–H and O–H groups in total. The molecule has 0 bridgehead atoms. The Labute approximate surface area is 161 Å². The average molecular weight is 415 g/mol. The van der Waals surface area contributed by atoms with Gasteiger partial charge >= 0.3 is 5.97 Å². The van der Waals surface area contributed by atoms with E-state index in [4.69, 9.17) is 27.9 Å². The van der Waals surface area contributed by atoms with Gasteiger partial charge in [0.15, 0.2) is 9.84 Å². The fourth-order valence-electron chi connectivity index (χ4n) is 3.53. The second-order valence-corrected chi connectivity index (χ2v) is 9.17. The van der Waals surface area contributed by atoms with Gasteiger partial charge in [0.05, 0.1) is 16.8 Å². The highest BCUT2D eigenvalue weighted by Crippen LogP contribution is 2.64. The zero-order chi connectivity index (χ0) is 19.1. The maximum Gasteiger partial charge on any atom is 0.314 e. The fraction of sp³-hybridized carbons (Fsp3) is 0.278. The lowest BCUT2D eigenvalue weighted by molar-refractivity contribution is -0.145. The Morgan fingerprint density at radius 1 is 1.15 bits per heavy atom. The summed E-state index contributed by atoms with van der Waals surface area (Å²) < 4.78 is 31.4. The second-order valence-electron chi connectivity index (χ2n) is 6.23. The van der Waals surface area contributed by atoms with Crippen molar-refractivity contribution in [3.63, 3.8) is 0 Å². The Morgan fingerprint density at radius 2 is 1.81 bits per heavy atom. The number of methoxy groups -OCH3 is 1. The number of benzene rings is 2. The Bertz CT molecular complexity index is 942. The van der Waals surface area contributed by atoms with Crippen molar-refractivity contribution in [1.29, 1.82) is 0 Å². The molecule has 0 amide bonds. The molecule has 138 valence electrons. The van der Waals surface area contributed by atoms with Crippen molar-refractivity contribution in [2.45, 2.75) is 16.1 Å². The van der Waals surface area contributed by atoms with Crippen LogP contribution in [0.4, 0.5) is 0 Å². The molecule has 3 unspecified atom stereocenters. The van der Waals surface area contributed by atoms with E-state index < -0.39 is 32.4 Å². The number of rotatable bonds is 6. The van der Waals surface area contributed by atoms with Crippen molar-refractivity contribution in [2.24, 2.45) is 5.41 Å². The molecule has 1 fully saturated rings. The first-order valence-electron chi connectivity index (χ1n) is 7.72. The molecule has 26 heavy (non-hydrogen) atoms. The third-order valence-corrected chi connectivity index (χ3v) is 7.50. The fourth-order valence-corrected chi connectivity index (χ4v) is 6.21. The maximum absolute atomic E-state index is 13.2. The van der Waals surface area contributed by atoms with Gasteiger partial charge in [0.1, 0.15) is 5.41 Å². The number of carboxylic acid groups (broad SMARTS) is 1. The second kappa shape index (κ2) is 6.85. The Balaban J connectivity index is 2.13. The van der Waals surface area contributed by atoms with Crippen molar-refractivity contribution in [1.82, 2.24) is 0 Å². The summed E-state index contributed by atoms with van der Waals surface area (Å²) in [6.07, 6.45) is 0. The van der Waals surface area contributed by atoms with E-state index in [1.165, 1.54) is 31.4 Å². The number of carboxylic acids is 1. The van der Waals surface area contributed by atoms with E-state index in [-0.39, 0.29) is 11.5 Å². The lowest BCUT2D eigenvalue weighted by atomic mass is 10.00. The first kappa shape index (κ1) is 19.2. The van der Waals surface area contributed by atoms with Crippen molar-refractivity contribution in [3.8, 4) is 0 Å². The third kappa shape index (κ3) is 3.01. The lowest BCUT2D eigenvalue weighted by Crippen LogP contribution is -2.28. The highest BCUT2D eigenvalue weighted by molar-refractivity contribution is 7.92. The highest BCUT2D eigenvalue weighted by Gasteiger charge is 2.76. The minimum atomic E-state index is -3.93. The van der Waals surface area contributed by atoms with Gasteiger partial charge in [-0.05, 0) is 42.0 Å². The molecule has 2 aromatic carbocycles. The molecule has 0 radical (unpaired) electrons. The quantitative estimate of drug-likeness (QED) is 0.779. The summed E-state index contributed by atoms with van der Waals surface area (Å²) in [6, 6.07) is 12.3. The van der Waals surface area contributed by atoms with Crippen LogP contribution in [0.15, 0.2) is 53.4 Å². The van der Waals surface area contributed by atoms with Crippen LogP contribution in [0, 0.1) is 5.41 Å². The Morgan fingerprint density at radius 3 is 2.35 bits per heavy atom. The van der Waals surface area contributed by atoms with E-state index in [1.54, 1.807) is 24.3 Å². The topological polar surface area (TPSA) is 80.7 Å². The maximum atomic E-state index is 13.2. The highest BCUT2D eigenvalue weighted by atomic mass is 35.5. The van der Waals surface area contributed by atoms with Gasteiger partial charge in [-0.3, -0.25) is 4.79 Å². The molecule has 3 rings (SSSR count). The molecule has 0 saturated heterocycles. The molecule has 3 atom stereocenters. The van der Waals surface area contributed by atoms with Crippen LogP contribution in [-0.2, 0) is 19.4 Å². The number of carbonyl (C=O) groups is 1. The molecule has 2 aromatic rings. The summed E-state index contributed by atoms with van der Waals surface area (Å²) in [5.74, 6) is -1.98. The molecular weight excluding hydrogens is 399 g/mol. The minimum Gasteiger partial charge on any atom is -0.481 e. The normalized spacial score (nSPS) is 25.0. The first-order valence-corrected chi connectivity index (χ1v) is 10.0. The molecule has 0 heterocycles. The van der Waals surface area contributed by atoms with Gasteiger partial charge in [-0.15, -0.1) is 0 Å². The van der Waals surface area contributed by atoms with Gasteiger partial charge in [0, 0.05) is 23.1 Å². The minimum absolute atomic E-state index is 0.0261. The standard InChI is InChI=1S/C18H16Cl2O5S/c1-25-10-18(17(21)22)15(11-3-2-4-13(20)9-11)16(18)26(23,24)14-7-5-12(19)6-8-14/h2-9,15-16H,10H2,1H3,(H,21,22). The largest absolute Gasteiger partial charge is 0.481 e. The monoisotopic (exact) mass is 414 g/mol. The van der Waals surface area contributed by atoms with E-state index >= 15 is 0 Å². The van der Waals surface area contributed by atoms with Crippen molar-refractivity contribution in [2.75, 3.05) is 13.7 Å². The predicted octanol–water partition coefficient (Wildman–Crippen LogP) is 3.65. The van der Waals surface area contributed by atoms with Crippen LogP contribution in [0.2, 0.25) is 10.0 Å². The zero-order valence-electron chi connectivity index (χ0n) is 13.7. The number of ether oxygens (including phenoxy) is 1. The van der Waals surface area contributed by atoms with E-state index in [9.17, 15) is 18.3 Å². The number of halogens is 2. The predicted molar refractivity (Wildman–Crippen MR) is 98.6 cm³/mol. The van der Waals surface area contributed by atoms with E-state index in [1.807, 2.05) is 0 Å². The van der Waals surface area contributed by atoms with Crippen LogP contribution in [0.25, 0.3) is 0 Å². The van der Waals surface area contributed by atoms with Crippen molar-refractivity contribution in [3.05, 3.63) is 64.1 Å². The van der Waals surface area contributed by atoms with Crippen molar-refractivity contribution < 1.29 is 23.1 Å². The van der Waals surface area contributed by atoms with Gasteiger partial charge in [-0.2, -0.15) is 0 Å². The molecule has 0 aliphatic heterocycles. The molecule has 1 aliphatic carbocycles. The van der Waals surface area contributed by atoms with E-state index in [0.717, 1.165) is 0 Å².